The lowest BCUT2D eigenvalue weighted by Crippen LogP contribution is -2.13. The molecule has 0 aliphatic heterocycles. The number of H-pyrrole nitrogens is 1. The molecule has 6 heteroatoms. The number of nitrogens with zero attached hydrogens (tertiary/aromatic N) is 2. The van der Waals surface area contributed by atoms with Crippen LogP contribution in [0.1, 0.15) is 17.3 Å². The number of benzene rings is 1. The molecular weight excluding hydrogens is 286 g/mol. The summed E-state index contributed by atoms with van der Waals surface area (Å²) in [7, 11) is 0. The minimum Gasteiger partial charge on any atom is -0.461 e. The summed E-state index contributed by atoms with van der Waals surface area (Å²) in [5, 5.41) is 7.18. The first-order chi connectivity index (χ1) is 10.2. The number of carbonyl (C=O) groups is 1. The second kappa shape index (κ2) is 5.97. The first-order valence-electron chi connectivity index (χ1n) is 6.46. The zero-order valence-electron chi connectivity index (χ0n) is 11.3. The highest BCUT2D eigenvalue weighted by molar-refractivity contribution is 8.00. The standard InChI is InChI=1S/C15H13N3O2S/c1-10(13(19)11-6-3-2-4-7-11)21-15-16-14(17-18-15)12-8-5-9-20-12/h2-10H,1H3,(H,16,17,18). The lowest BCUT2D eigenvalue weighted by molar-refractivity contribution is 0.0994. The largest absolute Gasteiger partial charge is 0.461 e. The highest BCUT2D eigenvalue weighted by Crippen LogP contribution is 2.24. The molecule has 0 fully saturated rings. The Morgan fingerprint density at radius 1 is 1.24 bits per heavy atom. The summed E-state index contributed by atoms with van der Waals surface area (Å²) in [6.45, 7) is 1.85. The molecular formula is C15H13N3O2S. The van der Waals surface area contributed by atoms with E-state index in [1.807, 2.05) is 37.3 Å². The summed E-state index contributed by atoms with van der Waals surface area (Å²) in [6, 6.07) is 12.8. The lowest BCUT2D eigenvalue weighted by Gasteiger charge is -2.07. The number of aromatic amines is 1. The Kier molecular flexibility index (Phi) is 3.87. The van der Waals surface area contributed by atoms with Gasteiger partial charge < -0.3 is 4.42 Å². The number of aromatic nitrogens is 3. The van der Waals surface area contributed by atoms with Crippen molar-refractivity contribution in [3.63, 3.8) is 0 Å². The van der Waals surface area contributed by atoms with Crippen LogP contribution in [0.5, 0.6) is 0 Å². The summed E-state index contributed by atoms with van der Waals surface area (Å²) < 4.78 is 5.24. The number of Topliss-reactive ketones (excluding diaryl/α,β-unsaturated/α-hetero) is 1. The number of nitrogens with one attached hydrogen (secondary N) is 1. The van der Waals surface area contributed by atoms with Crippen LogP contribution in [0, 0.1) is 0 Å². The zero-order chi connectivity index (χ0) is 14.7. The summed E-state index contributed by atoms with van der Waals surface area (Å²) in [6.07, 6.45) is 1.58. The van der Waals surface area contributed by atoms with Crippen LogP contribution in [-0.4, -0.2) is 26.2 Å². The van der Waals surface area contributed by atoms with Gasteiger partial charge in [0.2, 0.25) is 5.16 Å². The maximum absolute atomic E-state index is 12.3. The number of rotatable bonds is 5. The second-order valence-electron chi connectivity index (χ2n) is 4.43. The smallest absolute Gasteiger partial charge is 0.209 e. The van der Waals surface area contributed by atoms with E-state index in [0.29, 0.717) is 22.3 Å². The normalized spacial score (nSPS) is 12.2. The molecule has 1 atom stereocenters. The van der Waals surface area contributed by atoms with Gasteiger partial charge in [-0.15, -0.1) is 5.10 Å². The highest BCUT2D eigenvalue weighted by Gasteiger charge is 2.19. The van der Waals surface area contributed by atoms with E-state index in [1.165, 1.54) is 11.8 Å². The zero-order valence-corrected chi connectivity index (χ0v) is 12.1. The Bertz CT molecular complexity index is 722. The van der Waals surface area contributed by atoms with E-state index in [0.717, 1.165) is 0 Å². The predicted octanol–water partition coefficient (Wildman–Crippen LogP) is 3.43. The molecule has 3 rings (SSSR count). The molecule has 0 aliphatic carbocycles. The fourth-order valence-corrected chi connectivity index (χ4v) is 2.67. The maximum Gasteiger partial charge on any atom is 0.209 e. The van der Waals surface area contributed by atoms with Gasteiger partial charge >= 0.3 is 0 Å². The van der Waals surface area contributed by atoms with Gasteiger partial charge in [-0.05, 0) is 19.1 Å². The Labute approximate surface area is 125 Å². The van der Waals surface area contributed by atoms with Crippen LogP contribution in [0.15, 0.2) is 58.3 Å². The Hall–Kier alpha value is -2.34. The fourth-order valence-electron chi connectivity index (χ4n) is 1.87. The van der Waals surface area contributed by atoms with Gasteiger partial charge in [0.25, 0.3) is 0 Å². The molecule has 3 aromatic rings. The van der Waals surface area contributed by atoms with Crippen LogP contribution < -0.4 is 0 Å². The van der Waals surface area contributed by atoms with Gasteiger partial charge in [-0.2, -0.15) is 4.98 Å². The predicted molar refractivity (Wildman–Crippen MR) is 80.2 cm³/mol. The van der Waals surface area contributed by atoms with Crippen molar-refractivity contribution in [1.29, 1.82) is 0 Å². The van der Waals surface area contributed by atoms with Gasteiger partial charge in [0.1, 0.15) is 0 Å². The molecule has 2 aromatic heterocycles. The number of hydrogen-bond acceptors (Lipinski definition) is 5. The van der Waals surface area contributed by atoms with Crippen molar-refractivity contribution in [2.24, 2.45) is 0 Å². The number of hydrogen-bond donors (Lipinski definition) is 1. The average Bonchev–Trinajstić information content (AvgIpc) is 3.18. The van der Waals surface area contributed by atoms with Gasteiger partial charge in [0.15, 0.2) is 17.4 Å². The number of ketones is 1. The number of carbonyl (C=O) groups excluding carboxylic acids is 1. The Morgan fingerprint density at radius 3 is 2.76 bits per heavy atom. The summed E-state index contributed by atoms with van der Waals surface area (Å²) in [4.78, 5) is 16.6. The van der Waals surface area contributed by atoms with Crippen molar-refractivity contribution in [3.8, 4) is 11.6 Å². The monoisotopic (exact) mass is 299 g/mol. The topological polar surface area (TPSA) is 71.8 Å². The third-order valence-electron chi connectivity index (χ3n) is 2.93. The Balaban J connectivity index is 1.71. The molecule has 0 saturated heterocycles. The maximum atomic E-state index is 12.3. The third kappa shape index (κ3) is 3.05. The van der Waals surface area contributed by atoms with Crippen LogP contribution >= 0.6 is 11.8 Å². The first kappa shape index (κ1) is 13.6. The van der Waals surface area contributed by atoms with E-state index in [9.17, 15) is 4.79 Å². The van der Waals surface area contributed by atoms with Gasteiger partial charge in [0.05, 0.1) is 11.5 Å². The van der Waals surface area contributed by atoms with E-state index in [2.05, 4.69) is 15.2 Å². The molecule has 21 heavy (non-hydrogen) atoms. The molecule has 106 valence electrons. The third-order valence-corrected chi connectivity index (χ3v) is 3.89. The summed E-state index contributed by atoms with van der Waals surface area (Å²) in [5.41, 5.74) is 0.694. The molecule has 5 nitrogen and oxygen atoms in total. The van der Waals surface area contributed by atoms with Crippen molar-refractivity contribution >= 4 is 17.5 Å². The average molecular weight is 299 g/mol. The van der Waals surface area contributed by atoms with E-state index in [1.54, 1.807) is 18.4 Å². The van der Waals surface area contributed by atoms with Crippen LogP contribution in [0.2, 0.25) is 0 Å². The van der Waals surface area contributed by atoms with Crippen molar-refractivity contribution in [2.75, 3.05) is 0 Å². The second-order valence-corrected chi connectivity index (χ2v) is 5.74. The molecule has 0 aliphatic rings. The van der Waals surface area contributed by atoms with E-state index < -0.39 is 0 Å². The number of furan rings is 1. The Morgan fingerprint density at radius 2 is 2.05 bits per heavy atom. The molecule has 2 heterocycles. The molecule has 0 radical (unpaired) electrons. The molecule has 0 saturated carbocycles. The SMILES string of the molecule is CC(Sc1n[nH]c(-c2ccco2)n1)C(=O)c1ccccc1. The van der Waals surface area contributed by atoms with E-state index in [4.69, 9.17) is 4.42 Å². The van der Waals surface area contributed by atoms with Crippen LogP contribution in [0.4, 0.5) is 0 Å². The molecule has 1 aromatic carbocycles. The van der Waals surface area contributed by atoms with E-state index >= 15 is 0 Å². The van der Waals surface area contributed by atoms with Gasteiger partial charge in [-0.25, -0.2) is 0 Å². The number of thioether (sulfide) groups is 1. The lowest BCUT2D eigenvalue weighted by atomic mass is 10.1. The molecule has 0 spiro atoms. The van der Waals surface area contributed by atoms with Crippen molar-refractivity contribution in [1.82, 2.24) is 15.2 Å². The molecule has 0 amide bonds. The van der Waals surface area contributed by atoms with Crippen LogP contribution in [-0.2, 0) is 0 Å². The van der Waals surface area contributed by atoms with Gasteiger partial charge in [-0.3, -0.25) is 9.89 Å². The van der Waals surface area contributed by atoms with Crippen LogP contribution in [0.25, 0.3) is 11.6 Å². The molecule has 1 unspecified atom stereocenters. The van der Waals surface area contributed by atoms with Crippen molar-refractivity contribution in [3.05, 3.63) is 54.3 Å². The minimum absolute atomic E-state index is 0.0601. The molecule has 0 bridgehead atoms. The summed E-state index contributed by atoms with van der Waals surface area (Å²) >= 11 is 1.32. The van der Waals surface area contributed by atoms with Crippen molar-refractivity contribution in [2.45, 2.75) is 17.3 Å². The van der Waals surface area contributed by atoms with Gasteiger partial charge in [0, 0.05) is 5.56 Å². The quantitative estimate of drug-likeness (QED) is 0.577. The summed E-state index contributed by atoms with van der Waals surface area (Å²) in [5.74, 6) is 1.24. The van der Waals surface area contributed by atoms with Crippen LogP contribution in [0.3, 0.4) is 0 Å². The fraction of sp³-hybridized carbons (Fsp3) is 0.133. The van der Waals surface area contributed by atoms with Gasteiger partial charge in [-0.1, -0.05) is 42.1 Å². The highest BCUT2D eigenvalue weighted by atomic mass is 32.2. The van der Waals surface area contributed by atoms with E-state index in [-0.39, 0.29) is 11.0 Å². The minimum atomic E-state index is -0.257. The first-order valence-corrected chi connectivity index (χ1v) is 7.34. The molecule has 1 N–H and O–H groups in total. The van der Waals surface area contributed by atoms with Crippen molar-refractivity contribution < 1.29 is 9.21 Å².